The molecule has 450 valence electrons. The van der Waals surface area contributed by atoms with Gasteiger partial charge in [0.1, 0.15) is 78.3 Å². The molecule has 93 heavy (non-hydrogen) atoms. The van der Waals surface area contributed by atoms with Crippen molar-refractivity contribution in [2.75, 3.05) is 0 Å². The smallest absolute Gasteiger partial charge is 0.334 e. The molecule has 0 unspecified atom stereocenters. The van der Waals surface area contributed by atoms with Crippen LogP contribution in [-0.2, 0) is 70.0 Å². The molecule has 0 fully saturated rings. The van der Waals surface area contributed by atoms with Gasteiger partial charge in [0.15, 0.2) is 23.3 Å². The van der Waals surface area contributed by atoms with Gasteiger partial charge in [0.25, 0.3) is 0 Å². The second-order valence-electron chi connectivity index (χ2n) is 21.1. The lowest BCUT2D eigenvalue weighted by atomic mass is 9.77. The Bertz CT molecular complexity index is 5070. The summed E-state index contributed by atoms with van der Waals surface area (Å²) in [4.78, 5) is 103. The van der Waals surface area contributed by atoms with Crippen molar-refractivity contribution in [3.63, 3.8) is 0 Å². The van der Waals surface area contributed by atoms with Crippen LogP contribution in [0.3, 0.4) is 0 Å². The number of nitrogens with zero attached hydrogens (tertiary/aromatic N) is 6. The highest BCUT2D eigenvalue weighted by Gasteiger charge is 2.71. The van der Waals surface area contributed by atoms with Crippen LogP contribution in [0.1, 0.15) is 64.5 Å². The zero-order valence-corrected chi connectivity index (χ0v) is 49.8. The summed E-state index contributed by atoms with van der Waals surface area (Å²) < 4.78 is 86.2. The maximum absolute atomic E-state index is 16.3. The van der Waals surface area contributed by atoms with E-state index in [0.29, 0.717) is 55.9 Å². The largest absolute Gasteiger partial charge is 0.459 e. The van der Waals surface area contributed by atoms with Gasteiger partial charge in [-0.3, -0.25) is 28.8 Å². The number of esters is 4. The van der Waals surface area contributed by atoms with E-state index in [1.54, 1.807) is 146 Å². The number of Topliss-reactive ketones (excluding diaryl/α,β-unsaturated/α-hetero) is 2. The number of carbonyl (C=O) groups excluding carboxylic acids is 6. The Labute approximate surface area is 534 Å². The van der Waals surface area contributed by atoms with Gasteiger partial charge in [-0.05, 0) is 64.2 Å². The molecule has 0 aliphatic heterocycles. The fourth-order valence-corrected chi connectivity index (χ4v) is 16.0. The van der Waals surface area contributed by atoms with Crippen molar-refractivity contribution in [1.29, 1.82) is 21.0 Å². The molecule has 0 atom stereocenters. The SMILES string of the molecule is N#CC(C#N)=C1C(=NC2=CC3=C(c4sc5c(sc6cc(N=C7C(=O)c8cc(F)c(F)cc8C7=C(C#N)C#N)sc65)c4C3(C(=O)OCc3ccccc3)C(=O)OCc3ccccc3)C2(C(=O)OCc2ccccc2)C(=O)OCc2ccccc2)C(=O)c2cc(F)c(F)cc21. The highest BCUT2D eigenvalue weighted by Crippen LogP contribution is 2.67. The number of fused-ring (bicyclic) bond motifs is 8. The molecule has 13 rings (SSSR count). The Hall–Kier alpha value is -11.9. The van der Waals surface area contributed by atoms with Crippen LogP contribution in [0.2, 0.25) is 0 Å². The van der Waals surface area contributed by atoms with Crippen LogP contribution in [0.5, 0.6) is 0 Å². The molecule has 3 aromatic heterocycles. The number of carbonyl (C=O) groups is 6. The number of rotatable bonds is 14. The minimum absolute atomic E-state index is 0.0520. The fourth-order valence-electron chi connectivity index (χ4n) is 11.6. The highest BCUT2D eigenvalue weighted by atomic mass is 32.1. The van der Waals surface area contributed by atoms with E-state index in [0.717, 1.165) is 40.1 Å². The second kappa shape index (κ2) is 23.8. The summed E-state index contributed by atoms with van der Waals surface area (Å²) in [6.45, 7) is -2.09. The zero-order valence-electron chi connectivity index (χ0n) is 47.3. The number of hydrogen-bond donors (Lipinski definition) is 0. The van der Waals surface area contributed by atoms with Gasteiger partial charge in [-0.15, -0.1) is 34.0 Å². The monoisotopic (exact) mass is 1290 g/mol. The van der Waals surface area contributed by atoms with Gasteiger partial charge in [-0.2, -0.15) is 21.0 Å². The second-order valence-corrected chi connectivity index (χ2v) is 24.2. The molecule has 3 heterocycles. The van der Waals surface area contributed by atoms with Gasteiger partial charge in [-0.25, -0.2) is 27.5 Å². The average molecular weight is 1290 g/mol. The van der Waals surface area contributed by atoms with E-state index in [1.807, 2.05) is 0 Å². The molecule has 23 heteroatoms. The molecule has 4 aliphatic rings. The van der Waals surface area contributed by atoms with E-state index in [9.17, 15) is 39.4 Å². The summed E-state index contributed by atoms with van der Waals surface area (Å²) in [6.07, 6.45) is 1.02. The van der Waals surface area contributed by atoms with Crippen LogP contribution < -0.4 is 0 Å². The fraction of sp³-hybridized carbons (Fsp3) is 0.0857. The van der Waals surface area contributed by atoms with Crippen LogP contribution in [-0.4, -0.2) is 46.9 Å². The van der Waals surface area contributed by atoms with Crippen molar-refractivity contribution >= 4 is 121 Å². The number of nitriles is 4. The number of hydrogen-bond acceptors (Lipinski definition) is 19. The number of benzene rings is 6. The molecule has 0 spiro atoms. The molecule has 0 saturated heterocycles. The molecule has 9 aromatic rings. The molecule has 4 aliphatic carbocycles. The van der Waals surface area contributed by atoms with Crippen molar-refractivity contribution in [1.82, 2.24) is 0 Å². The topological polar surface area (TPSA) is 259 Å². The maximum Gasteiger partial charge on any atom is 0.334 e. The first kappa shape index (κ1) is 60.1. The van der Waals surface area contributed by atoms with E-state index in [-0.39, 0.29) is 41.5 Å². The summed E-state index contributed by atoms with van der Waals surface area (Å²) in [6, 6.07) is 43.7. The van der Waals surface area contributed by atoms with E-state index >= 15 is 28.0 Å². The maximum atomic E-state index is 16.3. The van der Waals surface area contributed by atoms with Gasteiger partial charge >= 0.3 is 23.9 Å². The summed E-state index contributed by atoms with van der Waals surface area (Å²) in [7, 11) is 0. The van der Waals surface area contributed by atoms with Gasteiger partial charge in [0, 0.05) is 54.1 Å². The highest BCUT2D eigenvalue weighted by molar-refractivity contribution is 7.40. The third-order valence-electron chi connectivity index (χ3n) is 15.8. The number of thiophene rings is 3. The van der Waals surface area contributed by atoms with Gasteiger partial charge < -0.3 is 18.9 Å². The number of allylic oxidation sites excluding steroid dienone is 5. The lowest BCUT2D eigenvalue weighted by molar-refractivity contribution is -0.167. The average Bonchev–Trinajstić information content (AvgIpc) is 1.49. The van der Waals surface area contributed by atoms with E-state index in [1.165, 1.54) is 6.07 Å². The van der Waals surface area contributed by atoms with Crippen LogP contribution in [0.25, 0.3) is 35.5 Å². The molecule has 0 saturated carbocycles. The zero-order chi connectivity index (χ0) is 65.0. The van der Waals surface area contributed by atoms with Crippen LogP contribution in [0.15, 0.2) is 190 Å². The Kier molecular flexibility index (Phi) is 15.4. The Morgan fingerprint density at radius 3 is 1.23 bits per heavy atom. The molecule has 6 aromatic carbocycles. The number of ether oxygens (including phenoxy) is 4. The minimum Gasteiger partial charge on any atom is -0.459 e. The lowest BCUT2D eigenvalue weighted by Gasteiger charge is -2.29. The van der Waals surface area contributed by atoms with Crippen molar-refractivity contribution < 1.29 is 65.3 Å². The number of ketones is 2. The Morgan fingerprint density at radius 2 is 0.828 bits per heavy atom. The van der Waals surface area contributed by atoms with E-state index < -0.39 is 152 Å². The van der Waals surface area contributed by atoms with Crippen molar-refractivity contribution in [3.05, 3.63) is 258 Å². The summed E-state index contributed by atoms with van der Waals surface area (Å²) in [5.74, 6) is -13.5. The van der Waals surface area contributed by atoms with Crippen LogP contribution in [0, 0.1) is 74.0 Å². The summed E-state index contributed by atoms with van der Waals surface area (Å²) in [5.41, 5.74) is -11.8. The van der Waals surface area contributed by atoms with Gasteiger partial charge in [0.2, 0.25) is 22.4 Å². The first-order valence-electron chi connectivity index (χ1n) is 27.7. The Balaban J connectivity index is 1.11. The first-order valence-corrected chi connectivity index (χ1v) is 30.2. The molecule has 0 N–H and O–H groups in total. The molecular formula is C70H34F4N6O10S3. The number of halogens is 4. The van der Waals surface area contributed by atoms with Gasteiger partial charge in [0.05, 0.1) is 19.8 Å². The van der Waals surface area contributed by atoms with Crippen molar-refractivity contribution in [2.24, 2.45) is 15.4 Å². The summed E-state index contributed by atoms with van der Waals surface area (Å²) in [5, 5.41) is 41.0. The van der Waals surface area contributed by atoms with Crippen molar-refractivity contribution in [3.8, 4) is 24.3 Å². The van der Waals surface area contributed by atoms with E-state index in [4.69, 9.17) is 23.9 Å². The molecular weight excluding hydrogens is 1260 g/mol. The predicted molar refractivity (Wildman–Crippen MR) is 331 cm³/mol. The van der Waals surface area contributed by atoms with Gasteiger partial charge in [-0.1, -0.05) is 121 Å². The predicted octanol–water partition coefficient (Wildman–Crippen LogP) is 13.5. The normalized spacial score (nSPS) is 15.4. The molecule has 0 amide bonds. The van der Waals surface area contributed by atoms with Crippen LogP contribution in [0.4, 0.5) is 22.6 Å². The van der Waals surface area contributed by atoms with E-state index in [2.05, 4.69) is 4.99 Å². The van der Waals surface area contributed by atoms with Crippen LogP contribution >= 0.6 is 34.0 Å². The lowest BCUT2D eigenvalue weighted by Crippen LogP contribution is -2.46. The molecule has 0 bridgehead atoms. The quantitative estimate of drug-likeness (QED) is 0.0322. The summed E-state index contributed by atoms with van der Waals surface area (Å²) >= 11 is 2.77. The Morgan fingerprint density at radius 1 is 0.452 bits per heavy atom. The van der Waals surface area contributed by atoms with Crippen molar-refractivity contribution in [2.45, 2.75) is 31.8 Å². The number of aliphatic imine (C=N–C) groups is 2. The first-order chi connectivity index (χ1) is 45.1. The third kappa shape index (κ3) is 9.74. The molecule has 16 nitrogen and oxygen atoms in total. The standard InChI is InChI=1S/C70H34F4N6O10S3/c71-46-21-41-43(23-48(46)73)59(81)57(53(41)39(27-75)28-76)79-51-25-45-55(70(51,67(85)89-33-37-17-9-3-10-18-37)68(86)90-34-38-19-11-4-12-20-38)62-56(69(45,65(83)87-31-35-13-5-1-6-14-35)66(84)88-32-36-15-7-2-8-16-36)63-64(93-62)61-50(91-63)26-52(92-61)80-58-54(40(29-77)30-78)42-22-47(72)49(74)24-44(42)60(58)82/h1-26H,31-34H2. The molecule has 0 radical (unpaired) electrons. The minimum atomic E-state index is -3.17. The third-order valence-corrected chi connectivity index (χ3v) is 19.6.